The topological polar surface area (TPSA) is 25.8 Å². The standard InChI is InChI=1S/C9H9F3N2S3/c1-2-4-15-8-13-14-9(17-8)16-5-3-6(10)7(11)12/h2H,1,3-5H2. The maximum atomic E-state index is 12.5. The van der Waals surface area contributed by atoms with Crippen LogP contribution in [0.2, 0.25) is 0 Å². The molecule has 0 fully saturated rings. The molecule has 0 spiro atoms. The van der Waals surface area contributed by atoms with E-state index >= 15 is 0 Å². The number of rotatable bonds is 7. The molecule has 0 radical (unpaired) electrons. The third kappa shape index (κ3) is 5.60. The van der Waals surface area contributed by atoms with Crippen LogP contribution in [0.3, 0.4) is 0 Å². The van der Waals surface area contributed by atoms with Gasteiger partial charge in [-0.1, -0.05) is 40.9 Å². The zero-order chi connectivity index (χ0) is 12.7. The Morgan fingerprint density at radius 2 is 1.88 bits per heavy atom. The summed E-state index contributed by atoms with van der Waals surface area (Å²) in [7, 11) is 0. The largest absolute Gasteiger partial charge is 0.301 e. The maximum Gasteiger partial charge on any atom is 0.301 e. The average molecular weight is 298 g/mol. The van der Waals surface area contributed by atoms with Crippen LogP contribution in [0.15, 0.2) is 33.2 Å². The first-order valence-electron chi connectivity index (χ1n) is 4.53. The van der Waals surface area contributed by atoms with Gasteiger partial charge in [0.1, 0.15) is 0 Å². The molecule has 0 bridgehead atoms. The number of halogens is 3. The molecule has 0 unspecified atom stereocenters. The van der Waals surface area contributed by atoms with Crippen LogP contribution in [-0.4, -0.2) is 21.7 Å². The Hall–Kier alpha value is -0.470. The van der Waals surface area contributed by atoms with Crippen LogP contribution in [0, 0.1) is 0 Å². The Morgan fingerprint density at radius 1 is 1.24 bits per heavy atom. The van der Waals surface area contributed by atoms with Crippen molar-refractivity contribution in [2.75, 3.05) is 11.5 Å². The predicted molar refractivity (Wildman–Crippen MR) is 66.5 cm³/mol. The van der Waals surface area contributed by atoms with E-state index in [4.69, 9.17) is 0 Å². The highest BCUT2D eigenvalue weighted by Crippen LogP contribution is 2.30. The molecule has 0 amide bonds. The van der Waals surface area contributed by atoms with E-state index in [0.29, 0.717) is 4.34 Å². The van der Waals surface area contributed by atoms with E-state index in [0.717, 1.165) is 10.1 Å². The third-order valence-electron chi connectivity index (χ3n) is 1.46. The van der Waals surface area contributed by atoms with Crippen molar-refractivity contribution in [3.63, 3.8) is 0 Å². The van der Waals surface area contributed by atoms with Gasteiger partial charge in [-0.15, -0.1) is 16.8 Å². The van der Waals surface area contributed by atoms with Crippen LogP contribution >= 0.6 is 34.9 Å². The Balaban J connectivity index is 2.35. The van der Waals surface area contributed by atoms with Crippen LogP contribution < -0.4 is 0 Å². The molecule has 2 nitrogen and oxygen atoms in total. The van der Waals surface area contributed by atoms with Crippen molar-refractivity contribution in [2.45, 2.75) is 15.1 Å². The van der Waals surface area contributed by atoms with E-state index < -0.39 is 11.9 Å². The van der Waals surface area contributed by atoms with Crippen molar-refractivity contribution in [3.05, 3.63) is 24.6 Å². The van der Waals surface area contributed by atoms with Gasteiger partial charge < -0.3 is 0 Å². The van der Waals surface area contributed by atoms with Crippen molar-refractivity contribution in [1.29, 1.82) is 0 Å². The summed E-state index contributed by atoms with van der Waals surface area (Å²) in [5, 5.41) is 7.76. The van der Waals surface area contributed by atoms with Crippen molar-refractivity contribution in [3.8, 4) is 0 Å². The van der Waals surface area contributed by atoms with Crippen molar-refractivity contribution in [2.24, 2.45) is 0 Å². The zero-order valence-corrected chi connectivity index (χ0v) is 11.1. The summed E-state index contributed by atoms with van der Waals surface area (Å²) >= 11 is 4.08. The van der Waals surface area contributed by atoms with Crippen LogP contribution in [0.1, 0.15) is 6.42 Å². The van der Waals surface area contributed by atoms with Gasteiger partial charge >= 0.3 is 6.08 Å². The molecular weight excluding hydrogens is 289 g/mol. The fourth-order valence-electron chi connectivity index (χ4n) is 0.766. The predicted octanol–water partition coefficient (Wildman–Crippen LogP) is 4.38. The van der Waals surface area contributed by atoms with Crippen molar-refractivity contribution >= 4 is 34.9 Å². The molecule has 94 valence electrons. The molecule has 1 heterocycles. The van der Waals surface area contributed by atoms with E-state index in [-0.39, 0.29) is 12.2 Å². The van der Waals surface area contributed by atoms with E-state index in [9.17, 15) is 13.2 Å². The Labute approximate surface area is 109 Å². The number of hydrogen-bond donors (Lipinski definition) is 0. The summed E-state index contributed by atoms with van der Waals surface area (Å²) in [5.74, 6) is -0.392. The molecule has 0 aliphatic carbocycles. The summed E-state index contributed by atoms with van der Waals surface area (Å²) in [5.41, 5.74) is 0. The van der Waals surface area contributed by atoms with Gasteiger partial charge in [-0.05, 0) is 0 Å². The molecule has 1 rings (SSSR count). The number of allylic oxidation sites excluding steroid dienone is 1. The first kappa shape index (κ1) is 14.6. The Kier molecular flexibility index (Phi) is 6.68. The molecule has 8 heteroatoms. The summed E-state index contributed by atoms with van der Waals surface area (Å²) < 4.78 is 37.4. The highest BCUT2D eigenvalue weighted by atomic mass is 32.2. The van der Waals surface area contributed by atoms with Gasteiger partial charge in [0.05, 0.1) is 0 Å². The van der Waals surface area contributed by atoms with Gasteiger partial charge in [-0.3, -0.25) is 0 Å². The maximum absolute atomic E-state index is 12.5. The summed E-state index contributed by atoms with van der Waals surface area (Å²) in [6, 6.07) is 0. The smallest absolute Gasteiger partial charge is 0.206 e. The normalized spacial score (nSPS) is 10.3. The minimum Gasteiger partial charge on any atom is -0.206 e. The fourth-order valence-corrected chi connectivity index (χ4v) is 3.55. The lowest BCUT2D eigenvalue weighted by Gasteiger charge is -1.94. The molecular formula is C9H9F3N2S3. The van der Waals surface area contributed by atoms with Crippen LogP contribution in [0.4, 0.5) is 13.2 Å². The molecule has 0 aliphatic heterocycles. The van der Waals surface area contributed by atoms with Crippen molar-refractivity contribution in [1.82, 2.24) is 10.2 Å². The lowest BCUT2D eigenvalue weighted by atomic mass is 10.4. The lowest BCUT2D eigenvalue weighted by molar-refractivity contribution is 0.373. The number of aromatic nitrogens is 2. The zero-order valence-electron chi connectivity index (χ0n) is 8.66. The number of thioether (sulfide) groups is 2. The second kappa shape index (κ2) is 7.78. The van der Waals surface area contributed by atoms with Crippen molar-refractivity contribution < 1.29 is 13.2 Å². The Morgan fingerprint density at radius 3 is 2.47 bits per heavy atom. The van der Waals surface area contributed by atoms with Gasteiger partial charge in [0.15, 0.2) is 14.5 Å². The summed E-state index contributed by atoms with van der Waals surface area (Å²) in [6.07, 6.45) is -0.782. The van der Waals surface area contributed by atoms with Crippen LogP contribution in [0.5, 0.6) is 0 Å². The van der Waals surface area contributed by atoms with Gasteiger partial charge in [0, 0.05) is 17.9 Å². The molecule has 0 N–H and O–H groups in total. The van der Waals surface area contributed by atoms with Crippen LogP contribution in [0.25, 0.3) is 0 Å². The van der Waals surface area contributed by atoms with E-state index in [1.54, 1.807) is 6.08 Å². The minimum atomic E-state index is -2.25. The lowest BCUT2D eigenvalue weighted by Crippen LogP contribution is -1.82. The second-order valence-electron chi connectivity index (χ2n) is 2.70. The second-order valence-corrected chi connectivity index (χ2v) is 6.28. The monoisotopic (exact) mass is 298 g/mol. The number of hydrogen-bond acceptors (Lipinski definition) is 5. The minimum absolute atomic E-state index is 0.226. The van der Waals surface area contributed by atoms with Gasteiger partial charge in [-0.25, -0.2) is 4.39 Å². The SMILES string of the molecule is C=CCSc1nnc(SCCC(F)=C(F)F)s1. The first-order chi connectivity index (χ1) is 8.13. The third-order valence-corrected chi connectivity index (χ3v) is 4.65. The van der Waals surface area contributed by atoms with Crippen LogP contribution in [-0.2, 0) is 0 Å². The molecule has 0 aliphatic rings. The van der Waals surface area contributed by atoms with E-state index in [1.807, 2.05) is 0 Å². The van der Waals surface area contributed by atoms with E-state index in [1.165, 1.54) is 34.9 Å². The molecule has 0 saturated heterocycles. The summed E-state index contributed by atoms with van der Waals surface area (Å²) in [4.78, 5) is 0. The average Bonchev–Trinajstić information content (AvgIpc) is 2.74. The summed E-state index contributed by atoms with van der Waals surface area (Å²) in [6.45, 7) is 3.58. The highest BCUT2D eigenvalue weighted by Gasteiger charge is 2.08. The molecule has 0 atom stereocenters. The first-order valence-corrected chi connectivity index (χ1v) is 7.32. The fraction of sp³-hybridized carbons (Fsp3) is 0.333. The number of nitrogens with zero attached hydrogens (tertiary/aromatic N) is 2. The Bertz CT molecular complexity index is 402. The molecule has 0 saturated carbocycles. The highest BCUT2D eigenvalue weighted by molar-refractivity contribution is 8.03. The van der Waals surface area contributed by atoms with Gasteiger partial charge in [0.25, 0.3) is 0 Å². The quantitative estimate of drug-likeness (QED) is 0.551. The van der Waals surface area contributed by atoms with Gasteiger partial charge in [0.2, 0.25) is 0 Å². The van der Waals surface area contributed by atoms with E-state index in [2.05, 4.69) is 16.8 Å². The van der Waals surface area contributed by atoms with Gasteiger partial charge in [-0.2, -0.15) is 8.78 Å². The molecule has 1 aromatic rings. The molecule has 17 heavy (non-hydrogen) atoms. The molecule has 1 aromatic heterocycles. The molecule has 0 aromatic carbocycles.